The van der Waals surface area contributed by atoms with Crippen LogP contribution in [0.3, 0.4) is 0 Å². The Balaban J connectivity index is 1.50. The summed E-state index contributed by atoms with van der Waals surface area (Å²) in [5.41, 5.74) is 0.302. The largest absolute Gasteiger partial charge is 0.459 e. The summed E-state index contributed by atoms with van der Waals surface area (Å²) in [6.45, 7) is 11.9. The van der Waals surface area contributed by atoms with Crippen molar-refractivity contribution in [1.82, 2.24) is 5.32 Å². The highest BCUT2D eigenvalue weighted by Crippen LogP contribution is 2.47. The van der Waals surface area contributed by atoms with Crippen LogP contribution in [0.25, 0.3) is 0 Å². The molecule has 37 heavy (non-hydrogen) atoms. The van der Waals surface area contributed by atoms with E-state index in [1.54, 1.807) is 13.0 Å². The Morgan fingerprint density at radius 2 is 1.97 bits per heavy atom. The highest BCUT2D eigenvalue weighted by Gasteiger charge is 2.61. The van der Waals surface area contributed by atoms with Crippen LogP contribution in [-0.2, 0) is 28.5 Å². The van der Waals surface area contributed by atoms with Crippen LogP contribution in [0.1, 0.15) is 60.8 Å². The second kappa shape index (κ2) is 12.7. The summed E-state index contributed by atoms with van der Waals surface area (Å²) in [7, 11) is 0. The molecule has 3 rings (SSSR count). The first-order valence-electron chi connectivity index (χ1n) is 13.1. The monoisotopic (exact) mass is 631 g/mol. The lowest BCUT2D eigenvalue weighted by Gasteiger charge is -2.43. The molecule has 3 fully saturated rings. The molecule has 2 N–H and O–H groups in total. The highest BCUT2D eigenvalue weighted by atomic mass is 127. The summed E-state index contributed by atoms with van der Waals surface area (Å²) in [5, 5.41) is 13.8. The number of rotatable bonds is 9. The minimum absolute atomic E-state index is 0.0491. The second-order valence-electron chi connectivity index (χ2n) is 11.1. The number of carbonyl (C=O) groups excluding carboxylic acids is 2. The Hall–Kier alpha value is -1.27. The maximum Gasteiger partial charge on any atom is 0.303 e. The number of aliphatic hydroxyl groups excluding tert-OH is 1. The fourth-order valence-corrected chi connectivity index (χ4v) is 5.59. The van der Waals surface area contributed by atoms with E-state index < -0.39 is 23.9 Å². The zero-order chi connectivity index (χ0) is 27.4. The predicted molar refractivity (Wildman–Crippen MR) is 149 cm³/mol. The normalized spacial score (nSPS) is 39.2. The van der Waals surface area contributed by atoms with Gasteiger partial charge in [0.05, 0.1) is 30.5 Å². The number of nitrogens with one attached hydrogen (secondary N) is 1. The number of halogens is 1. The third-order valence-electron chi connectivity index (χ3n) is 7.38. The molecule has 1 spiro atoms. The molecule has 0 saturated carbocycles. The van der Waals surface area contributed by atoms with Crippen molar-refractivity contribution in [3.63, 3.8) is 0 Å². The van der Waals surface area contributed by atoms with Crippen LogP contribution in [0.5, 0.6) is 0 Å². The average molecular weight is 632 g/mol. The van der Waals surface area contributed by atoms with Crippen molar-refractivity contribution in [3.05, 3.63) is 36.0 Å². The van der Waals surface area contributed by atoms with E-state index >= 15 is 0 Å². The number of hydrogen-bond acceptors (Lipinski definition) is 7. The van der Waals surface area contributed by atoms with E-state index in [1.165, 1.54) is 13.0 Å². The van der Waals surface area contributed by atoms with Crippen molar-refractivity contribution in [2.24, 2.45) is 5.92 Å². The predicted octanol–water partition coefficient (Wildman–Crippen LogP) is 3.80. The number of alkyl halides is 1. The van der Waals surface area contributed by atoms with Crippen molar-refractivity contribution in [3.8, 4) is 0 Å². The summed E-state index contributed by atoms with van der Waals surface area (Å²) in [6.07, 6.45) is 9.75. The number of hydrogen-bond donors (Lipinski definition) is 2. The van der Waals surface area contributed by atoms with Gasteiger partial charge in [-0.1, -0.05) is 53.3 Å². The van der Waals surface area contributed by atoms with E-state index in [1.807, 2.05) is 26.0 Å². The third kappa shape index (κ3) is 8.36. The number of allylic oxidation sites excluding steroid dienone is 2. The van der Waals surface area contributed by atoms with Crippen molar-refractivity contribution < 1.29 is 33.6 Å². The molecule has 208 valence electrons. The molecule has 3 aliphatic heterocycles. The molecule has 9 atom stereocenters. The van der Waals surface area contributed by atoms with Gasteiger partial charge in [-0.2, -0.15) is 0 Å². The second-order valence-corrected chi connectivity index (χ2v) is 11.8. The molecular formula is C28H42INO7. The van der Waals surface area contributed by atoms with Crippen LogP contribution >= 0.6 is 22.6 Å². The first kappa shape index (κ1) is 30.3. The van der Waals surface area contributed by atoms with Crippen molar-refractivity contribution in [1.29, 1.82) is 0 Å². The summed E-state index contributed by atoms with van der Waals surface area (Å²) in [4.78, 5) is 23.3. The fourth-order valence-electron chi connectivity index (χ4n) is 5.14. The molecule has 0 aromatic carbocycles. The maximum atomic E-state index is 12.3. The molecule has 0 radical (unpaired) electrons. The van der Waals surface area contributed by atoms with E-state index in [0.29, 0.717) is 13.0 Å². The third-order valence-corrected chi connectivity index (χ3v) is 8.99. The van der Waals surface area contributed by atoms with Gasteiger partial charge < -0.3 is 29.4 Å². The van der Waals surface area contributed by atoms with Crippen LogP contribution < -0.4 is 5.32 Å². The molecule has 0 aliphatic carbocycles. The maximum absolute atomic E-state index is 12.3. The zero-order valence-electron chi connectivity index (χ0n) is 22.7. The highest BCUT2D eigenvalue weighted by molar-refractivity contribution is 14.1. The zero-order valence-corrected chi connectivity index (χ0v) is 24.9. The van der Waals surface area contributed by atoms with Gasteiger partial charge in [0.25, 0.3) is 0 Å². The van der Waals surface area contributed by atoms with Crippen LogP contribution in [-0.4, -0.2) is 75.8 Å². The lowest BCUT2D eigenvalue weighted by molar-refractivity contribution is -0.167. The fraction of sp³-hybridized carbons (Fsp3) is 0.714. The van der Waals surface area contributed by atoms with Gasteiger partial charge in [0, 0.05) is 23.8 Å². The van der Waals surface area contributed by atoms with Crippen LogP contribution in [0, 0.1) is 5.92 Å². The smallest absolute Gasteiger partial charge is 0.303 e. The summed E-state index contributed by atoms with van der Waals surface area (Å²) in [6, 6.07) is -0.0912. The standard InChI is InChI=1S/C28H42INO7/c1-17(8-11-24-26(33)28(16-34-28)14-27(6,15-29)37-24)7-10-23-18(2)13-22(20(4)36-23)30-25(32)12-9-19(3)35-21(5)31/h7-9,11-12,18-20,22-24,26,33H,10,13-16H2,1-6H3,(H,30,32)/b11-8+,12-9-,17-7+/t18-,19-,20+,22+,23-,24+,26+,27-,28+/m0/s1. The van der Waals surface area contributed by atoms with Gasteiger partial charge in [-0.25, -0.2) is 0 Å². The Labute approximate surface area is 234 Å². The van der Waals surface area contributed by atoms with E-state index in [0.717, 1.165) is 22.8 Å². The van der Waals surface area contributed by atoms with E-state index in [9.17, 15) is 14.7 Å². The number of carbonyl (C=O) groups is 2. The van der Waals surface area contributed by atoms with Crippen molar-refractivity contribution >= 4 is 34.5 Å². The van der Waals surface area contributed by atoms with Crippen LogP contribution in [0.2, 0.25) is 0 Å². The quantitative estimate of drug-likeness (QED) is 0.0997. The minimum Gasteiger partial charge on any atom is -0.459 e. The lowest BCUT2D eigenvalue weighted by Crippen LogP contribution is -2.55. The number of epoxide rings is 1. The molecule has 0 aromatic rings. The van der Waals surface area contributed by atoms with Gasteiger partial charge in [-0.05, 0) is 52.5 Å². The first-order chi connectivity index (χ1) is 17.4. The van der Waals surface area contributed by atoms with E-state index in [-0.39, 0.29) is 41.6 Å². The minimum atomic E-state index is -0.665. The molecule has 8 nitrogen and oxygen atoms in total. The topological polar surface area (TPSA) is 107 Å². The summed E-state index contributed by atoms with van der Waals surface area (Å²) in [5.74, 6) is -0.347. The Kier molecular flexibility index (Phi) is 10.4. The number of ether oxygens (including phenoxy) is 4. The Morgan fingerprint density at radius 3 is 2.59 bits per heavy atom. The van der Waals surface area contributed by atoms with E-state index in [2.05, 4.69) is 47.8 Å². The van der Waals surface area contributed by atoms with Gasteiger partial charge >= 0.3 is 5.97 Å². The molecule has 0 unspecified atom stereocenters. The molecule has 3 aliphatic rings. The average Bonchev–Trinajstić information content (AvgIpc) is 3.59. The molecular weight excluding hydrogens is 589 g/mol. The first-order valence-corrected chi connectivity index (χ1v) is 14.6. The Bertz CT molecular complexity index is 914. The molecule has 9 heteroatoms. The van der Waals surface area contributed by atoms with Crippen molar-refractivity contribution in [2.45, 2.75) is 109 Å². The molecule has 3 saturated heterocycles. The number of esters is 1. The molecule has 0 aromatic heterocycles. The van der Waals surface area contributed by atoms with E-state index in [4.69, 9.17) is 18.9 Å². The summed E-state index contributed by atoms with van der Waals surface area (Å²) < 4.78 is 24.0. The van der Waals surface area contributed by atoms with Gasteiger partial charge in [0.15, 0.2) is 0 Å². The van der Waals surface area contributed by atoms with Crippen LogP contribution in [0.4, 0.5) is 0 Å². The van der Waals surface area contributed by atoms with Gasteiger partial charge in [-0.3, -0.25) is 9.59 Å². The van der Waals surface area contributed by atoms with Crippen LogP contribution in [0.15, 0.2) is 36.0 Å². The van der Waals surface area contributed by atoms with Gasteiger partial charge in [0.1, 0.15) is 23.9 Å². The molecule has 3 heterocycles. The van der Waals surface area contributed by atoms with Gasteiger partial charge in [-0.15, -0.1) is 0 Å². The summed E-state index contributed by atoms with van der Waals surface area (Å²) >= 11 is 2.33. The van der Waals surface area contributed by atoms with Crippen molar-refractivity contribution in [2.75, 3.05) is 11.0 Å². The number of amides is 1. The molecule has 1 amide bonds. The molecule has 0 bridgehead atoms. The Morgan fingerprint density at radius 1 is 1.27 bits per heavy atom. The van der Waals surface area contributed by atoms with Gasteiger partial charge in [0.2, 0.25) is 5.91 Å². The SMILES string of the molecule is CC(=O)O[C@@H](C)/C=C\C(=O)N[C@@H]1C[C@H](C)[C@H](C/C=C(C)/C=C/[C@H]2O[C@](C)(CI)C[C@@]3(CO3)[C@@H]2O)O[C@@H]1C. The number of aliphatic hydroxyl groups is 1. The lowest BCUT2D eigenvalue weighted by atomic mass is 9.83.